The second-order valence-electron chi connectivity index (χ2n) is 12.9. The number of aromatic nitrogens is 8. The summed E-state index contributed by atoms with van der Waals surface area (Å²) in [5.41, 5.74) is 1.98. The number of pyridine rings is 1. The van der Waals surface area contributed by atoms with Crippen LogP contribution in [0.3, 0.4) is 0 Å². The maximum absolute atomic E-state index is 17.1. The lowest BCUT2D eigenvalue weighted by molar-refractivity contribution is 0.107. The standard InChI is InChI=1S/C32H31ClF2N10O2/c33-24-8-25-22(12-37-41-25)26-21(24)3-2-20-10-38-45(42-20)14-18-13-43(6-7-46-16-18)30-23-11-36-29(26)27(35)28(23)39-31(40-30)47-17-32-4-1-5-44(32)15-19(34)9-32/h2-3,8,10-12,18-19H,1,4-7,9,13-17H2,(H,37,41)/b3-2-/t18?,19-,32+/m1/s1. The molecule has 3 fully saturated rings. The van der Waals surface area contributed by atoms with Crippen LogP contribution in [0.2, 0.25) is 5.02 Å². The van der Waals surface area contributed by atoms with E-state index in [1.165, 1.54) is 0 Å². The molecule has 0 radical (unpaired) electrons. The number of nitrogens with zero attached hydrogens (tertiary/aromatic N) is 9. The fourth-order valence-electron chi connectivity index (χ4n) is 7.70. The van der Waals surface area contributed by atoms with Gasteiger partial charge >= 0.3 is 6.01 Å². The van der Waals surface area contributed by atoms with E-state index in [9.17, 15) is 4.39 Å². The van der Waals surface area contributed by atoms with Crippen molar-refractivity contribution in [3.05, 3.63) is 46.8 Å². The van der Waals surface area contributed by atoms with E-state index in [-0.39, 0.29) is 29.7 Å². The molecule has 1 aromatic carbocycles. The minimum absolute atomic E-state index is 0.0107. The first-order valence-corrected chi connectivity index (χ1v) is 16.3. The van der Waals surface area contributed by atoms with Crippen molar-refractivity contribution in [2.24, 2.45) is 5.92 Å². The molecule has 9 heterocycles. The van der Waals surface area contributed by atoms with Gasteiger partial charge < -0.3 is 14.4 Å². The summed E-state index contributed by atoms with van der Waals surface area (Å²) in [5.74, 6) is -0.132. The van der Waals surface area contributed by atoms with Crippen LogP contribution in [-0.2, 0) is 11.3 Å². The molecular weight excluding hydrogens is 630 g/mol. The number of aromatic amines is 1. The molecule has 1 unspecified atom stereocenters. The summed E-state index contributed by atoms with van der Waals surface area (Å²) >= 11 is 6.82. The minimum Gasteiger partial charge on any atom is -0.461 e. The Labute approximate surface area is 272 Å². The fraction of sp³-hybridized carbons (Fsp3) is 0.438. The Bertz CT molecular complexity index is 2050. The summed E-state index contributed by atoms with van der Waals surface area (Å²) in [4.78, 5) is 20.1. The van der Waals surface area contributed by atoms with E-state index in [1.54, 1.807) is 41.6 Å². The molecule has 5 aliphatic rings. The van der Waals surface area contributed by atoms with Gasteiger partial charge in [0.2, 0.25) is 0 Å². The van der Waals surface area contributed by atoms with Gasteiger partial charge in [-0.15, -0.1) is 0 Å². The predicted molar refractivity (Wildman–Crippen MR) is 171 cm³/mol. The third kappa shape index (κ3) is 4.92. The topological polar surface area (TPSA) is 123 Å². The van der Waals surface area contributed by atoms with Gasteiger partial charge in [-0.2, -0.15) is 30.1 Å². The lowest BCUT2D eigenvalue weighted by Gasteiger charge is -2.31. The lowest BCUT2D eigenvalue weighted by Crippen LogP contribution is -2.43. The van der Waals surface area contributed by atoms with Crippen LogP contribution in [0.15, 0.2) is 24.7 Å². The van der Waals surface area contributed by atoms with Gasteiger partial charge in [-0.1, -0.05) is 17.7 Å². The molecule has 0 saturated carbocycles. The highest BCUT2D eigenvalue weighted by atomic mass is 35.5. The molecule has 4 aromatic heterocycles. The van der Waals surface area contributed by atoms with Crippen LogP contribution in [0.5, 0.6) is 6.01 Å². The average molecular weight is 661 g/mol. The van der Waals surface area contributed by atoms with Crippen LogP contribution in [-0.4, -0.2) is 103 Å². The molecule has 1 N–H and O–H groups in total. The van der Waals surface area contributed by atoms with Crippen LogP contribution < -0.4 is 9.64 Å². The van der Waals surface area contributed by atoms with E-state index in [1.807, 2.05) is 0 Å². The molecule has 5 aromatic rings. The van der Waals surface area contributed by atoms with Crippen LogP contribution in [0, 0.1) is 11.7 Å². The van der Waals surface area contributed by atoms with Crippen LogP contribution >= 0.6 is 11.6 Å². The summed E-state index contributed by atoms with van der Waals surface area (Å²) in [7, 11) is 0. The monoisotopic (exact) mass is 660 g/mol. The molecule has 3 atom stereocenters. The number of halogens is 3. The fourth-order valence-corrected chi connectivity index (χ4v) is 7.97. The molecule has 0 spiro atoms. The van der Waals surface area contributed by atoms with Crippen molar-refractivity contribution in [1.82, 2.24) is 45.0 Å². The van der Waals surface area contributed by atoms with Gasteiger partial charge in [0.15, 0.2) is 5.82 Å². The number of nitrogens with one attached hydrogen (secondary N) is 1. The second kappa shape index (κ2) is 11.2. The molecule has 0 aliphatic carbocycles. The van der Waals surface area contributed by atoms with Gasteiger partial charge in [0.1, 0.15) is 35.5 Å². The van der Waals surface area contributed by atoms with Gasteiger partial charge in [-0.05, 0) is 31.5 Å². The zero-order valence-corrected chi connectivity index (χ0v) is 26.1. The third-order valence-corrected chi connectivity index (χ3v) is 10.2. The SMILES string of the molecule is Fc1c2ncc3c(nc(OC[C@@]45CCCN4C[C@H](F)C5)nc13)N1CCOCC(C1)Cn1ncc(n1)/C=C\c1c(Cl)cc3[nH]ncc3c1-2. The first kappa shape index (κ1) is 28.9. The summed E-state index contributed by atoms with van der Waals surface area (Å²) in [6.07, 6.45) is 9.81. The van der Waals surface area contributed by atoms with E-state index >= 15 is 4.39 Å². The summed E-state index contributed by atoms with van der Waals surface area (Å²) in [5, 5.41) is 17.8. The second-order valence-corrected chi connectivity index (χ2v) is 13.3. The van der Waals surface area contributed by atoms with E-state index in [4.69, 9.17) is 26.1 Å². The number of anilines is 1. The normalized spacial score (nSPS) is 25.0. The van der Waals surface area contributed by atoms with Crippen molar-refractivity contribution >= 4 is 51.4 Å². The summed E-state index contributed by atoms with van der Waals surface area (Å²) in [6.45, 7) is 3.97. The molecule has 47 heavy (non-hydrogen) atoms. The number of ether oxygens (including phenoxy) is 2. The Balaban J connectivity index is 1.25. The van der Waals surface area contributed by atoms with Crippen LogP contribution in [0.25, 0.3) is 45.2 Å². The van der Waals surface area contributed by atoms with Crippen LogP contribution in [0.4, 0.5) is 14.6 Å². The molecular formula is C32H31ClF2N10O2. The summed E-state index contributed by atoms with van der Waals surface area (Å²) in [6, 6.07) is 1.79. The molecule has 12 nitrogen and oxygen atoms in total. The number of hydrogen-bond acceptors (Lipinski definition) is 10. The number of fused-ring (bicyclic) bond motifs is 3. The van der Waals surface area contributed by atoms with E-state index in [0.29, 0.717) is 89.8 Å². The zero-order chi connectivity index (χ0) is 31.7. The largest absolute Gasteiger partial charge is 0.461 e. The third-order valence-electron chi connectivity index (χ3n) is 9.88. The maximum atomic E-state index is 17.1. The van der Waals surface area contributed by atoms with Crippen molar-refractivity contribution in [2.75, 3.05) is 50.9 Å². The van der Waals surface area contributed by atoms with Gasteiger partial charge in [0.05, 0.1) is 53.6 Å². The lowest BCUT2D eigenvalue weighted by atomic mass is 9.95. The Morgan fingerprint density at radius 1 is 1.11 bits per heavy atom. The zero-order valence-electron chi connectivity index (χ0n) is 25.4. The Hall–Kier alpha value is -4.27. The Morgan fingerprint density at radius 2 is 2.04 bits per heavy atom. The number of H-pyrrole nitrogens is 1. The van der Waals surface area contributed by atoms with Crippen molar-refractivity contribution < 1.29 is 18.3 Å². The van der Waals surface area contributed by atoms with Gasteiger partial charge in [0, 0.05) is 54.7 Å². The van der Waals surface area contributed by atoms with Crippen molar-refractivity contribution in [3.63, 3.8) is 0 Å². The molecule has 5 aliphatic heterocycles. The highest BCUT2D eigenvalue weighted by Crippen LogP contribution is 2.42. The van der Waals surface area contributed by atoms with E-state index in [2.05, 4.69) is 40.2 Å². The molecule has 3 saturated heterocycles. The highest BCUT2D eigenvalue weighted by Gasteiger charge is 2.49. The molecule has 10 rings (SSSR count). The first-order chi connectivity index (χ1) is 22.9. The molecule has 8 bridgehead atoms. The van der Waals surface area contributed by atoms with Crippen LogP contribution in [0.1, 0.15) is 30.5 Å². The molecule has 242 valence electrons. The Morgan fingerprint density at radius 3 is 2.98 bits per heavy atom. The number of alkyl halides is 1. The average Bonchev–Trinajstić information content (AvgIpc) is 3.81. The highest BCUT2D eigenvalue weighted by molar-refractivity contribution is 6.34. The smallest absolute Gasteiger partial charge is 0.319 e. The molecule has 15 heteroatoms. The number of benzene rings is 1. The van der Waals surface area contributed by atoms with Gasteiger partial charge in [-0.25, -0.2) is 8.78 Å². The predicted octanol–water partition coefficient (Wildman–Crippen LogP) is 4.54. The Kier molecular flexibility index (Phi) is 6.87. The maximum Gasteiger partial charge on any atom is 0.319 e. The number of hydrogen-bond donors (Lipinski definition) is 1. The van der Waals surface area contributed by atoms with Crippen molar-refractivity contribution in [2.45, 2.75) is 37.5 Å². The van der Waals surface area contributed by atoms with Crippen molar-refractivity contribution in [3.8, 4) is 17.3 Å². The van der Waals surface area contributed by atoms with E-state index in [0.717, 1.165) is 19.4 Å². The first-order valence-electron chi connectivity index (χ1n) is 15.9. The molecule has 0 amide bonds. The number of rotatable bonds is 3. The van der Waals surface area contributed by atoms with Crippen molar-refractivity contribution in [1.29, 1.82) is 0 Å². The summed E-state index contributed by atoms with van der Waals surface area (Å²) < 4.78 is 43.9. The van der Waals surface area contributed by atoms with Gasteiger partial charge in [-0.3, -0.25) is 15.0 Å². The quantitative estimate of drug-likeness (QED) is 0.295. The minimum atomic E-state index is -0.903. The van der Waals surface area contributed by atoms with Gasteiger partial charge in [0.25, 0.3) is 0 Å². The van der Waals surface area contributed by atoms with E-state index < -0.39 is 17.5 Å².